The number of ether oxygens (including phenoxy) is 1. The molecule has 6 heteroatoms. The molecule has 0 aliphatic rings. The first-order chi connectivity index (χ1) is 10.2. The SMILES string of the molecule is COc1ccc(=O)n(Cc2cc3ccccc3nc2Cl)n1. The van der Waals surface area contributed by atoms with Crippen LogP contribution in [0.15, 0.2) is 47.3 Å². The molecule has 3 rings (SSSR count). The van der Waals surface area contributed by atoms with E-state index in [4.69, 9.17) is 16.3 Å². The summed E-state index contributed by atoms with van der Waals surface area (Å²) in [4.78, 5) is 16.2. The number of aromatic nitrogens is 3. The lowest BCUT2D eigenvalue weighted by atomic mass is 10.1. The van der Waals surface area contributed by atoms with Gasteiger partial charge < -0.3 is 4.74 Å². The lowest BCUT2D eigenvalue weighted by Crippen LogP contribution is -2.22. The monoisotopic (exact) mass is 301 g/mol. The van der Waals surface area contributed by atoms with Gasteiger partial charge in [0.15, 0.2) is 0 Å². The van der Waals surface area contributed by atoms with Crippen molar-refractivity contribution < 1.29 is 4.74 Å². The average Bonchev–Trinajstić information content (AvgIpc) is 2.50. The summed E-state index contributed by atoms with van der Waals surface area (Å²) < 4.78 is 6.33. The molecule has 3 aromatic rings. The van der Waals surface area contributed by atoms with Gasteiger partial charge in [-0.15, -0.1) is 5.10 Å². The molecule has 0 unspecified atom stereocenters. The first-order valence-corrected chi connectivity index (χ1v) is 6.71. The van der Waals surface area contributed by atoms with Gasteiger partial charge in [0.2, 0.25) is 5.88 Å². The zero-order valence-corrected chi connectivity index (χ0v) is 12.0. The summed E-state index contributed by atoms with van der Waals surface area (Å²) in [6.45, 7) is 0.243. The number of nitrogens with zero attached hydrogens (tertiary/aromatic N) is 3. The fourth-order valence-corrected chi connectivity index (χ4v) is 2.27. The van der Waals surface area contributed by atoms with E-state index < -0.39 is 0 Å². The highest BCUT2D eigenvalue weighted by molar-refractivity contribution is 6.30. The molecule has 0 aliphatic carbocycles. The number of halogens is 1. The van der Waals surface area contributed by atoms with Crippen LogP contribution in [0, 0.1) is 0 Å². The molecule has 0 saturated heterocycles. The molecular weight excluding hydrogens is 290 g/mol. The van der Waals surface area contributed by atoms with E-state index in [1.165, 1.54) is 23.9 Å². The van der Waals surface area contributed by atoms with Crippen LogP contribution in [0.3, 0.4) is 0 Å². The minimum Gasteiger partial charge on any atom is -0.480 e. The zero-order chi connectivity index (χ0) is 14.8. The van der Waals surface area contributed by atoms with Crippen molar-refractivity contribution in [2.24, 2.45) is 0 Å². The molecule has 0 bridgehead atoms. The topological polar surface area (TPSA) is 57.0 Å². The van der Waals surface area contributed by atoms with Crippen molar-refractivity contribution in [1.82, 2.24) is 14.8 Å². The van der Waals surface area contributed by atoms with Gasteiger partial charge in [-0.1, -0.05) is 29.8 Å². The smallest absolute Gasteiger partial charge is 0.267 e. The standard InChI is InChI=1S/C15H12ClN3O2/c1-21-13-6-7-14(20)19(18-13)9-11-8-10-4-2-3-5-12(10)17-15(11)16/h2-8H,9H2,1H3. The lowest BCUT2D eigenvalue weighted by Gasteiger charge is -2.08. The third kappa shape index (κ3) is 2.73. The van der Waals surface area contributed by atoms with Crippen molar-refractivity contribution in [1.29, 1.82) is 0 Å². The summed E-state index contributed by atoms with van der Waals surface area (Å²) in [5, 5.41) is 5.43. The van der Waals surface area contributed by atoms with Gasteiger partial charge in [0.25, 0.3) is 5.56 Å². The molecule has 0 aliphatic heterocycles. The van der Waals surface area contributed by atoms with E-state index in [9.17, 15) is 4.79 Å². The van der Waals surface area contributed by atoms with Crippen LogP contribution < -0.4 is 10.3 Å². The van der Waals surface area contributed by atoms with E-state index in [2.05, 4.69) is 10.1 Å². The molecule has 0 atom stereocenters. The average molecular weight is 302 g/mol. The van der Waals surface area contributed by atoms with Crippen molar-refractivity contribution >= 4 is 22.5 Å². The van der Waals surface area contributed by atoms with Gasteiger partial charge in [0.1, 0.15) is 5.15 Å². The van der Waals surface area contributed by atoms with Gasteiger partial charge in [-0.3, -0.25) is 4.79 Å². The van der Waals surface area contributed by atoms with Crippen LogP contribution in [0.2, 0.25) is 5.15 Å². The van der Waals surface area contributed by atoms with Gasteiger partial charge >= 0.3 is 0 Å². The summed E-state index contributed by atoms with van der Waals surface area (Å²) in [5.41, 5.74) is 1.33. The van der Waals surface area contributed by atoms with E-state index in [-0.39, 0.29) is 12.1 Å². The molecular formula is C15H12ClN3O2. The largest absolute Gasteiger partial charge is 0.480 e. The minimum atomic E-state index is -0.222. The maximum atomic E-state index is 11.8. The Kier molecular flexibility index (Phi) is 3.58. The number of para-hydroxylation sites is 1. The lowest BCUT2D eigenvalue weighted by molar-refractivity contribution is 0.379. The molecule has 0 saturated carbocycles. The Hall–Kier alpha value is -2.40. The molecule has 21 heavy (non-hydrogen) atoms. The van der Waals surface area contributed by atoms with Gasteiger partial charge in [-0.25, -0.2) is 9.67 Å². The Labute approximate surface area is 125 Å². The Bertz CT molecular complexity index is 861. The molecule has 106 valence electrons. The third-order valence-electron chi connectivity index (χ3n) is 3.12. The number of hydrogen-bond acceptors (Lipinski definition) is 4. The summed E-state index contributed by atoms with van der Waals surface area (Å²) in [7, 11) is 1.50. The number of benzene rings is 1. The van der Waals surface area contributed by atoms with Crippen LogP contribution in [-0.4, -0.2) is 21.9 Å². The summed E-state index contributed by atoms with van der Waals surface area (Å²) in [6, 6.07) is 12.5. The molecule has 0 radical (unpaired) electrons. The Balaban J connectivity index is 2.05. The molecule has 2 aromatic heterocycles. The zero-order valence-electron chi connectivity index (χ0n) is 11.3. The molecule has 0 amide bonds. The first-order valence-electron chi connectivity index (χ1n) is 6.34. The summed E-state index contributed by atoms with van der Waals surface area (Å²) in [5.74, 6) is 0.375. The van der Waals surface area contributed by atoms with E-state index in [1.54, 1.807) is 0 Å². The Morgan fingerprint density at radius 3 is 2.86 bits per heavy atom. The fraction of sp³-hybridized carbons (Fsp3) is 0.133. The van der Waals surface area contributed by atoms with Crippen LogP contribution in [0.5, 0.6) is 5.88 Å². The summed E-state index contributed by atoms with van der Waals surface area (Å²) in [6.07, 6.45) is 0. The van der Waals surface area contributed by atoms with E-state index in [1.807, 2.05) is 30.3 Å². The predicted molar refractivity (Wildman–Crippen MR) is 80.9 cm³/mol. The van der Waals surface area contributed by atoms with Crippen molar-refractivity contribution in [3.63, 3.8) is 0 Å². The van der Waals surface area contributed by atoms with Crippen LogP contribution in [0.25, 0.3) is 10.9 Å². The van der Waals surface area contributed by atoms with Gasteiger partial charge in [0, 0.05) is 23.1 Å². The fourth-order valence-electron chi connectivity index (χ4n) is 2.06. The third-order valence-corrected chi connectivity index (χ3v) is 3.45. The number of methoxy groups -OCH3 is 1. The highest BCUT2D eigenvalue weighted by Gasteiger charge is 2.08. The number of pyridine rings is 1. The number of rotatable bonds is 3. The van der Waals surface area contributed by atoms with Crippen LogP contribution in [0.1, 0.15) is 5.56 Å². The molecule has 0 fully saturated rings. The molecule has 0 N–H and O–H groups in total. The molecule has 1 aromatic carbocycles. The highest BCUT2D eigenvalue weighted by Crippen LogP contribution is 2.20. The van der Waals surface area contributed by atoms with Gasteiger partial charge in [-0.05, 0) is 12.1 Å². The van der Waals surface area contributed by atoms with Crippen molar-refractivity contribution in [3.8, 4) is 5.88 Å². The van der Waals surface area contributed by atoms with Crippen LogP contribution in [0.4, 0.5) is 0 Å². The van der Waals surface area contributed by atoms with Crippen LogP contribution >= 0.6 is 11.6 Å². The maximum Gasteiger partial charge on any atom is 0.267 e. The van der Waals surface area contributed by atoms with Crippen LogP contribution in [-0.2, 0) is 6.54 Å². The summed E-state index contributed by atoms with van der Waals surface area (Å²) >= 11 is 6.19. The van der Waals surface area contributed by atoms with Gasteiger partial charge in [-0.2, -0.15) is 0 Å². The van der Waals surface area contributed by atoms with E-state index >= 15 is 0 Å². The number of hydrogen-bond donors (Lipinski definition) is 0. The second-order valence-corrected chi connectivity index (χ2v) is 4.86. The predicted octanol–water partition coefficient (Wildman–Crippen LogP) is 2.50. The number of fused-ring (bicyclic) bond motifs is 1. The molecule has 2 heterocycles. The second-order valence-electron chi connectivity index (χ2n) is 4.50. The molecule has 0 spiro atoms. The first kappa shape index (κ1) is 13.6. The Morgan fingerprint density at radius 2 is 2.05 bits per heavy atom. The minimum absolute atomic E-state index is 0.222. The maximum absolute atomic E-state index is 11.8. The molecule has 5 nitrogen and oxygen atoms in total. The van der Waals surface area contributed by atoms with E-state index in [0.717, 1.165) is 16.5 Å². The normalized spacial score (nSPS) is 10.8. The highest BCUT2D eigenvalue weighted by atomic mass is 35.5. The van der Waals surface area contributed by atoms with Gasteiger partial charge in [0.05, 0.1) is 19.2 Å². The van der Waals surface area contributed by atoms with E-state index in [0.29, 0.717) is 11.0 Å². The Morgan fingerprint density at radius 1 is 1.24 bits per heavy atom. The second kappa shape index (κ2) is 5.54. The van der Waals surface area contributed by atoms with Crippen molar-refractivity contribution in [2.75, 3.05) is 7.11 Å². The van der Waals surface area contributed by atoms with Crippen molar-refractivity contribution in [2.45, 2.75) is 6.54 Å². The van der Waals surface area contributed by atoms with Crippen molar-refractivity contribution in [3.05, 3.63) is 63.5 Å². The quantitative estimate of drug-likeness (QED) is 0.698.